The summed E-state index contributed by atoms with van der Waals surface area (Å²) in [6, 6.07) is 18.8. The van der Waals surface area contributed by atoms with Crippen molar-refractivity contribution in [2.75, 3.05) is 5.32 Å². The predicted octanol–water partition coefficient (Wildman–Crippen LogP) is 7.67. The Bertz CT molecular complexity index is 1370. The molecule has 0 saturated heterocycles. The van der Waals surface area contributed by atoms with Crippen molar-refractivity contribution in [1.82, 2.24) is 9.38 Å². The van der Waals surface area contributed by atoms with E-state index < -0.39 is 0 Å². The number of anilines is 2. The maximum Gasteiger partial charge on any atom is 0.197 e. The standard InChI is InChI=1S/C22H14ClFIN3S/c1-12-5-4-6-15(23)19(12)26-21-20(14-10-9-13(24)11-16(14)25)27-22-28(21)17-7-2-3-8-18(17)29-22/h2-11,26H,1H3. The Morgan fingerprint density at radius 1 is 1.10 bits per heavy atom. The number of nitrogens with zero attached hydrogens (tertiary/aromatic N) is 2. The van der Waals surface area contributed by atoms with Crippen LogP contribution in [0.1, 0.15) is 5.56 Å². The van der Waals surface area contributed by atoms with Crippen LogP contribution >= 0.6 is 45.5 Å². The highest BCUT2D eigenvalue weighted by Gasteiger charge is 2.21. The molecule has 5 rings (SSSR count). The lowest BCUT2D eigenvalue weighted by atomic mass is 10.1. The van der Waals surface area contributed by atoms with Gasteiger partial charge in [0, 0.05) is 9.13 Å². The lowest BCUT2D eigenvalue weighted by Crippen LogP contribution is -2.00. The van der Waals surface area contributed by atoms with Gasteiger partial charge >= 0.3 is 0 Å². The zero-order valence-corrected chi connectivity index (χ0v) is 18.9. The van der Waals surface area contributed by atoms with Gasteiger partial charge in [0.2, 0.25) is 0 Å². The summed E-state index contributed by atoms with van der Waals surface area (Å²) in [5, 5.41) is 4.17. The summed E-state index contributed by atoms with van der Waals surface area (Å²) >= 11 is 10.3. The Morgan fingerprint density at radius 2 is 1.93 bits per heavy atom. The molecule has 7 heteroatoms. The van der Waals surface area contributed by atoms with Gasteiger partial charge in [-0.05, 0) is 71.5 Å². The monoisotopic (exact) mass is 533 g/mol. The number of imidazole rings is 1. The maximum absolute atomic E-state index is 13.7. The van der Waals surface area contributed by atoms with Crippen LogP contribution in [0.2, 0.25) is 5.02 Å². The normalized spacial score (nSPS) is 11.4. The highest BCUT2D eigenvalue weighted by molar-refractivity contribution is 14.1. The molecule has 3 nitrogen and oxygen atoms in total. The lowest BCUT2D eigenvalue weighted by Gasteiger charge is -2.13. The second-order valence-electron chi connectivity index (χ2n) is 6.68. The van der Waals surface area contributed by atoms with Crippen LogP contribution in [0.25, 0.3) is 26.4 Å². The van der Waals surface area contributed by atoms with Crippen LogP contribution < -0.4 is 5.32 Å². The second-order valence-corrected chi connectivity index (χ2v) is 9.26. The Kier molecular flexibility index (Phi) is 4.72. The Hall–Kier alpha value is -2.16. The number of fused-ring (bicyclic) bond motifs is 3. The first-order valence-corrected chi connectivity index (χ1v) is 11.2. The van der Waals surface area contributed by atoms with Gasteiger partial charge in [-0.2, -0.15) is 0 Å². The molecule has 0 amide bonds. The quantitative estimate of drug-likeness (QED) is 0.241. The molecule has 0 aliphatic heterocycles. The largest absolute Gasteiger partial charge is 0.338 e. The minimum Gasteiger partial charge on any atom is -0.338 e. The minimum absolute atomic E-state index is 0.263. The SMILES string of the molecule is Cc1cccc(Cl)c1Nc1c(-c2ccc(F)cc2I)nc2sc3ccccc3n12. The van der Waals surface area contributed by atoms with Crippen LogP contribution in [0.4, 0.5) is 15.9 Å². The van der Waals surface area contributed by atoms with Crippen LogP contribution in [-0.4, -0.2) is 9.38 Å². The second kappa shape index (κ2) is 7.27. The Labute approximate surface area is 189 Å². The van der Waals surface area contributed by atoms with Gasteiger partial charge in [0.1, 0.15) is 17.3 Å². The topological polar surface area (TPSA) is 29.3 Å². The highest BCUT2D eigenvalue weighted by Crippen LogP contribution is 2.40. The third-order valence-corrected chi connectivity index (χ3v) is 7.03. The van der Waals surface area contributed by atoms with E-state index in [1.54, 1.807) is 17.4 Å². The number of nitrogens with one attached hydrogen (secondary N) is 1. The van der Waals surface area contributed by atoms with Crippen molar-refractivity contribution < 1.29 is 4.39 Å². The van der Waals surface area contributed by atoms with Crippen molar-refractivity contribution in [3.63, 3.8) is 0 Å². The van der Waals surface area contributed by atoms with Crippen LogP contribution in [0.3, 0.4) is 0 Å². The highest BCUT2D eigenvalue weighted by atomic mass is 127. The van der Waals surface area contributed by atoms with E-state index in [9.17, 15) is 4.39 Å². The predicted molar refractivity (Wildman–Crippen MR) is 128 cm³/mol. The fraction of sp³-hybridized carbons (Fsp3) is 0.0455. The van der Waals surface area contributed by atoms with Crippen LogP contribution in [-0.2, 0) is 0 Å². The molecule has 3 aromatic carbocycles. The Morgan fingerprint density at radius 3 is 2.72 bits per heavy atom. The summed E-state index contributed by atoms with van der Waals surface area (Å²) in [4.78, 5) is 5.78. The van der Waals surface area contributed by atoms with Gasteiger partial charge in [-0.1, -0.05) is 47.2 Å². The summed E-state index contributed by atoms with van der Waals surface area (Å²) in [7, 11) is 0. The van der Waals surface area contributed by atoms with Crippen molar-refractivity contribution in [1.29, 1.82) is 0 Å². The first kappa shape index (κ1) is 18.8. The van der Waals surface area contributed by atoms with Gasteiger partial charge in [-0.15, -0.1) is 0 Å². The summed E-state index contributed by atoms with van der Waals surface area (Å²) in [5.41, 5.74) is 4.58. The van der Waals surface area contributed by atoms with Gasteiger partial charge in [-0.25, -0.2) is 9.37 Å². The van der Waals surface area contributed by atoms with Crippen molar-refractivity contribution in [2.45, 2.75) is 6.92 Å². The zero-order chi connectivity index (χ0) is 20.1. The summed E-state index contributed by atoms with van der Waals surface area (Å²) in [5.74, 6) is 0.555. The third kappa shape index (κ3) is 3.19. The van der Waals surface area contributed by atoms with E-state index in [2.05, 4.69) is 44.4 Å². The molecular formula is C22H14ClFIN3S. The zero-order valence-electron chi connectivity index (χ0n) is 15.2. The molecule has 0 bridgehead atoms. The fourth-order valence-electron chi connectivity index (χ4n) is 3.41. The van der Waals surface area contributed by atoms with Crippen LogP contribution in [0.5, 0.6) is 0 Å². The number of benzene rings is 3. The number of rotatable bonds is 3. The van der Waals surface area contributed by atoms with Crippen molar-refractivity contribution in [2.24, 2.45) is 0 Å². The number of aryl methyl sites for hydroxylation is 1. The van der Waals surface area contributed by atoms with E-state index in [4.69, 9.17) is 16.6 Å². The summed E-state index contributed by atoms with van der Waals surface area (Å²) < 4.78 is 17.8. The average molecular weight is 534 g/mol. The molecule has 2 aromatic heterocycles. The lowest BCUT2D eigenvalue weighted by molar-refractivity contribution is 0.627. The number of hydrogen-bond acceptors (Lipinski definition) is 3. The fourth-order valence-corrected chi connectivity index (χ4v) is 5.44. The van der Waals surface area contributed by atoms with E-state index in [0.29, 0.717) is 5.02 Å². The van der Waals surface area contributed by atoms with E-state index in [0.717, 1.165) is 47.1 Å². The number of thiazole rings is 1. The summed E-state index contributed by atoms with van der Waals surface area (Å²) in [6.07, 6.45) is 0. The first-order valence-electron chi connectivity index (χ1n) is 8.90. The molecular weight excluding hydrogens is 520 g/mol. The van der Waals surface area contributed by atoms with Crippen LogP contribution in [0.15, 0.2) is 60.7 Å². The summed E-state index contributed by atoms with van der Waals surface area (Å²) in [6.45, 7) is 2.01. The number of hydrogen-bond donors (Lipinski definition) is 1. The first-order chi connectivity index (χ1) is 14.0. The van der Waals surface area contributed by atoms with E-state index in [-0.39, 0.29) is 5.82 Å². The van der Waals surface area contributed by atoms with Gasteiger partial charge in [0.25, 0.3) is 0 Å². The molecule has 0 radical (unpaired) electrons. The molecule has 0 fully saturated rings. The van der Waals surface area contributed by atoms with Gasteiger partial charge < -0.3 is 5.32 Å². The molecule has 1 N–H and O–H groups in total. The molecule has 5 aromatic rings. The van der Waals surface area contributed by atoms with Crippen molar-refractivity contribution in [3.8, 4) is 11.3 Å². The molecule has 0 unspecified atom stereocenters. The number of halogens is 3. The molecule has 29 heavy (non-hydrogen) atoms. The smallest absolute Gasteiger partial charge is 0.197 e. The molecule has 0 aliphatic rings. The van der Waals surface area contributed by atoms with Gasteiger partial charge in [0.05, 0.1) is 20.9 Å². The maximum atomic E-state index is 13.7. The van der Waals surface area contributed by atoms with Gasteiger partial charge in [-0.3, -0.25) is 4.40 Å². The number of para-hydroxylation sites is 2. The van der Waals surface area contributed by atoms with Crippen molar-refractivity contribution >= 4 is 72.2 Å². The molecule has 144 valence electrons. The Balaban J connectivity index is 1.82. The average Bonchev–Trinajstić information content (AvgIpc) is 3.21. The van der Waals surface area contributed by atoms with E-state index in [1.165, 1.54) is 12.1 Å². The molecule has 0 aliphatic carbocycles. The van der Waals surface area contributed by atoms with E-state index >= 15 is 0 Å². The van der Waals surface area contributed by atoms with Gasteiger partial charge in [0.15, 0.2) is 4.96 Å². The molecule has 0 spiro atoms. The van der Waals surface area contributed by atoms with E-state index in [1.807, 2.05) is 37.3 Å². The van der Waals surface area contributed by atoms with Crippen molar-refractivity contribution in [3.05, 3.63) is 80.6 Å². The third-order valence-electron chi connectivity index (χ3n) is 4.81. The minimum atomic E-state index is -0.263. The number of aromatic nitrogens is 2. The molecule has 0 atom stereocenters. The molecule has 0 saturated carbocycles. The molecule has 2 heterocycles. The van der Waals surface area contributed by atoms with Crippen LogP contribution in [0, 0.1) is 16.3 Å².